The summed E-state index contributed by atoms with van der Waals surface area (Å²) < 4.78 is 34.6. The molecule has 1 N–H and O–H groups in total. The number of fused-ring (bicyclic) bond motifs is 1. The molecule has 2 aliphatic rings. The highest BCUT2D eigenvalue weighted by Crippen LogP contribution is 2.38. The number of carbonyl (C=O) groups is 2. The molecule has 0 atom stereocenters. The van der Waals surface area contributed by atoms with E-state index in [9.17, 15) is 18.0 Å². The van der Waals surface area contributed by atoms with Crippen molar-refractivity contribution in [2.75, 3.05) is 25.2 Å². The van der Waals surface area contributed by atoms with Crippen molar-refractivity contribution in [3.05, 3.63) is 99.2 Å². The SMILES string of the molecule is Cc1cc(C)n(C(=O)c2c(NC(=O)c3ccc(S(=O)(=O)N4COCC4(C)C)cc3)sc3c2CCN(Cc2ccccc2)C3)n1. The summed E-state index contributed by atoms with van der Waals surface area (Å²) in [5.41, 5.74) is 3.67. The first kappa shape index (κ1) is 30.4. The van der Waals surface area contributed by atoms with Crippen LogP contribution in [0.4, 0.5) is 5.00 Å². The van der Waals surface area contributed by atoms with Crippen LogP contribution in [0.2, 0.25) is 0 Å². The van der Waals surface area contributed by atoms with Gasteiger partial charge < -0.3 is 10.1 Å². The Morgan fingerprint density at radius 2 is 1.80 bits per heavy atom. The van der Waals surface area contributed by atoms with E-state index in [1.807, 2.05) is 52.0 Å². The normalized spacial score (nSPS) is 17.0. The molecule has 0 spiro atoms. The molecule has 0 aliphatic carbocycles. The van der Waals surface area contributed by atoms with Gasteiger partial charge in [-0.25, -0.2) is 13.1 Å². The Kier molecular flexibility index (Phi) is 8.05. The Hall–Kier alpha value is -3.68. The van der Waals surface area contributed by atoms with Crippen LogP contribution in [0.3, 0.4) is 0 Å². The van der Waals surface area contributed by atoms with E-state index in [0.29, 0.717) is 30.1 Å². The molecule has 10 nitrogen and oxygen atoms in total. The number of anilines is 1. The van der Waals surface area contributed by atoms with Crippen LogP contribution in [0, 0.1) is 13.8 Å². The molecule has 0 radical (unpaired) electrons. The number of carbonyl (C=O) groups excluding carboxylic acids is 2. The molecule has 44 heavy (non-hydrogen) atoms. The summed E-state index contributed by atoms with van der Waals surface area (Å²) in [7, 11) is -3.81. The molecule has 0 unspecified atom stereocenters. The second-order valence-corrected chi connectivity index (χ2v) is 14.9. The van der Waals surface area contributed by atoms with Crippen LogP contribution in [0.5, 0.6) is 0 Å². The zero-order valence-corrected chi connectivity index (χ0v) is 26.8. The first-order chi connectivity index (χ1) is 20.9. The van der Waals surface area contributed by atoms with Gasteiger partial charge in [0.1, 0.15) is 11.7 Å². The van der Waals surface area contributed by atoms with E-state index in [-0.39, 0.29) is 23.1 Å². The van der Waals surface area contributed by atoms with Gasteiger partial charge in [0.25, 0.3) is 11.8 Å². The van der Waals surface area contributed by atoms with Gasteiger partial charge in [0.05, 0.1) is 28.3 Å². The number of nitrogens with zero attached hydrogens (tertiary/aromatic N) is 4. The summed E-state index contributed by atoms with van der Waals surface area (Å²) in [5, 5.41) is 7.85. The number of sulfonamides is 1. The molecule has 1 amide bonds. The minimum absolute atomic E-state index is 0.0184. The molecular weight excluding hydrogens is 599 g/mol. The topological polar surface area (TPSA) is 114 Å². The molecule has 12 heteroatoms. The highest BCUT2D eigenvalue weighted by atomic mass is 32.2. The van der Waals surface area contributed by atoms with Crippen LogP contribution in [0.25, 0.3) is 0 Å². The van der Waals surface area contributed by atoms with E-state index in [2.05, 4.69) is 27.4 Å². The van der Waals surface area contributed by atoms with Crippen LogP contribution in [0.15, 0.2) is 65.6 Å². The molecule has 2 aromatic heterocycles. The molecule has 0 bridgehead atoms. The summed E-state index contributed by atoms with van der Waals surface area (Å²) >= 11 is 1.41. The number of thiophene rings is 1. The fraction of sp³-hybridized carbons (Fsp3) is 0.344. The smallest absolute Gasteiger partial charge is 0.281 e. The Balaban J connectivity index is 1.28. The van der Waals surface area contributed by atoms with Crippen molar-refractivity contribution < 1.29 is 22.7 Å². The molecule has 2 aliphatic heterocycles. The molecule has 1 fully saturated rings. The third-order valence-electron chi connectivity index (χ3n) is 8.07. The fourth-order valence-corrected chi connectivity index (χ4v) is 8.72. The average Bonchev–Trinajstić information content (AvgIpc) is 3.65. The van der Waals surface area contributed by atoms with Gasteiger partial charge in [-0.2, -0.15) is 9.40 Å². The number of ether oxygens (including phenoxy) is 1. The van der Waals surface area contributed by atoms with Gasteiger partial charge in [0.15, 0.2) is 0 Å². The first-order valence-electron chi connectivity index (χ1n) is 14.4. The van der Waals surface area contributed by atoms with Gasteiger partial charge in [-0.1, -0.05) is 30.3 Å². The average molecular weight is 634 g/mol. The zero-order chi connectivity index (χ0) is 31.2. The molecule has 2 aromatic carbocycles. The molecular formula is C32H35N5O5S2. The molecule has 6 rings (SSSR count). The van der Waals surface area contributed by atoms with E-state index in [1.165, 1.54) is 50.2 Å². The van der Waals surface area contributed by atoms with Crippen LogP contribution in [-0.2, 0) is 34.3 Å². The lowest BCUT2D eigenvalue weighted by atomic mass is 10.0. The van der Waals surface area contributed by atoms with Gasteiger partial charge in [0.2, 0.25) is 10.0 Å². The second kappa shape index (κ2) is 11.7. The number of rotatable bonds is 7. The Labute approximate surface area is 261 Å². The number of benzene rings is 2. The van der Waals surface area contributed by atoms with Gasteiger partial charge in [-0.3, -0.25) is 14.5 Å². The van der Waals surface area contributed by atoms with Crippen LogP contribution in [0.1, 0.15) is 62.0 Å². The van der Waals surface area contributed by atoms with Crippen molar-refractivity contribution in [1.82, 2.24) is 19.0 Å². The van der Waals surface area contributed by atoms with Gasteiger partial charge in [-0.15, -0.1) is 11.3 Å². The predicted molar refractivity (Wildman–Crippen MR) is 168 cm³/mol. The number of nitrogens with one attached hydrogen (secondary N) is 1. The number of amides is 1. The minimum Gasteiger partial charge on any atom is -0.363 e. The van der Waals surface area contributed by atoms with E-state index in [4.69, 9.17) is 4.74 Å². The van der Waals surface area contributed by atoms with Crippen molar-refractivity contribution >= 4 is 38.2 Å². The third kappa shape index (κ3) is 5.75. The molecule has 230 valence electrons. The minimum atomic E-state index is -3.81. The maximum atomic E-state index is 13.9. The Morgan fingerprint density at radius 3 is 2.43 bits per heavy atom. The lowest BCUT2D eigenvalue weighted by molar-refractivity contribution is 0.0941. The highest BCUT2D eigenvalue weighted by molar-refractivity contribution is 7.89. The van der Waals surface area contributed by atoms with Crippen molar-refractivity contribution in [3.63, 3.8) is 0 Å². The van der Waals surface area contributed by atoms with E-state index >= 15 is 0 Å². The van der Waals surface area contributed by atoms with E-state index < -0.39 is 21.5 Å². The van der Waals surface area contributed by atoms with Crippen molar-refractivity contribution in [1.29, 1.82) is 0 Å². The maximum absolute atomic E-state index is 13.9. The largest absolute Gasteiger partial charge is 0.363 e. The highest BCUT2D eigenvalue weighted by Gasteiger charge is 2.42. The summed E-state index contributed by atoms with van der Waals surface area (Å²) in [6.07, 6.45) is 0.665. The number of hydrogen-bond acceptors (Lipinski definition) is 8. The lowest BCUT2D eigenvalue weighted by Gasteiger charge is -2.28. The zero-order valence-electron chi connectivity index (χ0n) is 25.2. The van der Waals surface area contributed by atoms with Gasteiger partial charge in [0, 0.05) is 35.8 Å². The first-order valence-corrected chi connectivity index (χ1v) is 16.7. The van der Waals surface area contributed by atoms with Crippen molar-refractivity contribution in [2.45, 2.75) is 57.6 Å². The van der Waals surface area contributed by atoms with Crippen LogP contribution < -0.4 is 5.32 Å². The number of aryl methyl sites for hydroxylation is 2. The fourth-order valence-electron chi connectivity index (χ4n) is 5.79. The van der Waals surface area contributed by atoms with Gasteiger partial charge >= 0.3 is 0 Å². The summed E-state index contributed by atoms with van der Waals surface area (Å²) in [4.78, 5) is 30.9. The molecule has 1 saturated heterocycles. The monoisotopic (exact) mass is 633 g/mol. The molecule has 4 aromatic rings. The van der Waals surface area contributed by atoms with Crippen molar-refractivity contribution in [3.8, 4) is 0 Å². The third-order valence-corrected chi connectivity index (χ3v) is 11.3. The van der Waals surface area contributed by atoms with E-state index in [0.717, 1.165) is 34.9 Å². The van der Waals surface area contributed by atoms with E-state index in [1.54, 1.807) is 0 Å². The molecule has 0 saturated carbocycles. The van der Waals surface area contributed by atoms with Gasteiger partial charge in [-0.05, 0) is 75.6 Å². The van der Waals surface area contributed by atoms with Crippen LogP contribution >= 0.6 is 11.3 Å². The maximum Gasteiger partial charge on any atom is 0.281 e. The number of aromatic nitrogens is 2. The quantitative estimate of drug-likeness (QED) is 0.311. The van der Waals surface area contributed by atoms with Crippen LogP contribution in [-0.4, -0.2) is 64.6 Å². The molecule has 4 heterocycles. The van der Waals surface area contributed by atoms with Crippen molar-refractivity contribution in [2.24, 2.45) is 0 Å². The predicted octanol–water partition coefficient (Wildman–Crippen LogP) is 4.82. The lowest BCUT2D eigenvalue weighted by Crippen LogP contribution is -2.44. The summed E-state index contributed by atoms with van der Waals surface area (Å²) in [5.74, 6) is -0.710. The summed E-state index contributed by atoms with van der Waals surface area (Å²) in [6.45, 7) is 9.81. The number of hydrogen-bond donors (Lipinski definition) is 1. The second-order valence-electron chi connectivity index (χ2n) is 11.9. The Bertz CT molecular complexity index is 1830. The standard InChI is InChI=1S/C32H35N5O5S2/c1-21-16-22(2)37(34-21)31(39)28-26-14-15-35(17-23-8-6-5-7-9-23)18-27(26)43-30(28)33-29(38)24-10-12-25(13-11-24)44(40,41)36-20-42-19-32(36,3)4/h5-13,16H,14-15,17-20H2,1-4H3,(H,33,38). The Morgan fingerprint density at radius 1 is 1.07 bits per heavy atom. The summed E-state index contributed by atoms with van der Waals surface area (Å²) in [6, 6.07) is 17.9.